The molecular weight excluding hydrogens is 269 g/mol. The highest BCUT2D eigenvalue weighted by Gasteiger charge is 2.11. The van der Waals surface area contributed by atoms with Gasteiger partial charge in [0.1, 0.15) is 22.6 Å². The molecule has 0 unspecified atom stereocenters. The molecule has 19 heavy (non-hydrogen) atoms. The monoisotopic (exact) mass is 279 g/mol. The van der Waals surface area contributed by atoms with Crippen LogP contribution in [0.4, 0.5) is 15.9 Å². The Morgan fingerprint density at radius 2 is 2.00 bits per heavy atom. The molecule has 0 bridgehead atoms. The van der Waals surface area contributed by atoms with E-state index in [1.54, 1.807) is 19.9 Å². The van der Waals surface area contributed by atoms with Crippen molar-refractivity contribution in [2.45, 2.75) is 13.8 Å². The van der Waals surface area contributed by atoms with Crippen LogP contribution in [0.25, 0.3) is 0 Å². The van der Waals surface area contributed by atoms with Crippen LogP contribution in [0.15, 0.2) is 18.2 Å². The number of aromatic nitrogens is 2. The first-order valence-electron chi connectivity index (χ1n) is 5.53. The molecule has 0 radical (unpaired) electrons. The van der Waals surface area contributed by atoms with Crippen molar-refractivity contribution in [3.8, 4) is 0 Å². The number of hydrogen-bond acceptors (Lipinski definition) is 4. The van der Waals surface area contributed by atoms with Crippen LogP contribution >= 0.6 is 11.6 Å². The van der Waals surface area contributed by atoms with E-state index in [9.17, 15) is 9.18 Å². The second-order valence-electron chi connectivity index (χ2n) is 4.08. The summed E-state index contributed by atoms with van der Waals surface area (Å²) in [6.07, 6.45) is 0.566. The molecule has 0 aliphatic heterocycles. The van der Waals surface area contributed by atoms with E-state index >= 15 is 0 Å². The molecule has 1 aromatic carbocycles. The first kappa shape index (κ1) is 13.4. The number of aryl methyl sites for hydroxylation is 2. The van der Waals surface area contributed by atoms with Crippen molar-refractivity contribution >= 4 is 29.4 Å². The number of carbonyl (C=O) groups is 1. The summed E-state index contributed by atoms with van der Waals surface area (Å²) in [7, 11) is 0. The van der Waals surface area contributed by atoms with E-state index in [2.05, 4.69) is 15.3 Å². The number of hydrogen-bond donors (Lipinski definition) is 1. The summed E-state index contributed by atoms with van der Waals surface area (Å²) in [4.78, 5) is 19.0. The fraction of sp³-hybridized carbons (Fsp3) is 0.154. The standard InChI is InChI=1S/C13H11ClFN3O/c1-7-3-9(15)5-10(4-7)18-13-11(6-19)12(14)16-8(2)17-13/h3-6H,1-2H3,(H,16,17,18). The molecule has 0 aliphatic rings. The van der Waals surface area contributed by atoms with Crippen molar-refractivity contribution in [3.05, 3.63) is 46.1 Å². The number of rotatable bonds is 3. The number of anilines is 2. The van der Waals surface area contributed by atoms with Gasteiger partial charge in [-0.2, -0.15) is 0 Å². The van der Waals surface area contributed by atoms with Gasteiger partial charge in [0.15, 0.2) is 6.29 Å². The third kappa shape index (κ3) is 3.06. The summed E-state index contributed by atoms with van der Waals surface area (Å²) >= 11 is 5.87. The Morgan fingerprint density at radius 3 is 2.63 bits per heavy atom. The molecule has 2 rings (SSSR count). The molecule has 0 aliphatic carbocycles. The molecule has 2 aromatic rings. The second-order valence-corrected chi connectivity index (χ2v) is 4.44. The quantitative estimate of drug-likeness (QED) is 0.691. The van der Waals surface area contributed by atoms with Crippen LogP contribution in [0.3, 0.4) is 0 Å². The van der Waals surface area contributed by atoms with Crippen molar-refractivity contribution < 1.29 is 9.18 Å². The Bertz CT molecular complexity index is 626. The number of aldehydes is 1. The van der Waals surface area contributed by atoms with Crippen LogP contribution in [-0.4, -0.2) is 16.3 Å². The number of carbonyl (C=O) groups excluding carboxylic acids is 1. The van der Waals surface area contributed by atoms with Crippen LogP contribution < -0.4 is 5.32 Å². The third-order valence-corrected chi connectivity index (χ3v) is 2.72. The first-order chi connectivity index (χ1) is 8.99. The van der Waals surface area contributed by atoms with Crippen LogP contribution in [0, 0.1) is 19.7 Å². The van der Waals surface area contributed by atoms with E-state index < -0.39 is 0 Å². The van der Waals surface area contributed by atoms with Crippen molar-refractivity contribution in [1.82, 2.24) is 9.97 Å². The summed E-state index contributed by atoms with van der Waals surface area (Å²) in [6, 6.07) is 4.46. The zero-order valence-corrected chi connectivity index (χ0v) is 11.1. The van der Waals surface area contributed by atoms with Gasteiger partial charge in [-0.3, -0.25) is 4.79 Å². The van der Waals surface area contributed by atoms with Crippen molar-refractivity contribution in [3.63, 3.8) is 0 Å². The summed E-state index contributed by atoms with van der Waals surface area (Å²) in [5.41, 5.74) is 1.40. The van der Waals surface area contributed by atoms with E-state index in [1.807, 2.05) is 0 Å². The van der Waals surface area contributed by atoms with E-state index in [-0.39, 0.29) is 22.4 Å². The highest BCUT2D eigenvalue weighted by Crippen LogP contribution is 2.24. The van der Waals surface area contributed by atoms with Crippen LogP contribution in [0.1, 0.15) is 21.7 Å². The van der Waals surface area contributed by atoms with Crippen molar-refractivity contribution in [2.24, 2.45) is 0 Å². The number of benzene rings is 1. The number of halogens is 2. The van der Waals surface area contributed by atoms with Gasteiger partial charge in [-0.25, -0.2) is 14.4 Å². The van der Waals surface area contributed by atoms with E-state index in [1.165, 1.54) is 12.1 Å². The lowest BCUT2D eigenvalue weighted by Crippen LogP contribution is -2.03. The average Bonchev–Trinajstić information content (AvgIpc) is 2.26. The molecule has 0 spiro atoms. The smallest absolute Gasteiger partial charge is 0.156 e. The second kappa shape index (κ2) is 5.32. The summed E-state index contributed by atoms with van der Waals surface area (Å²) in [5, 5.41) is 2.95. The maximum absolute atomic E-state index is 13.3. The molecule has 1 heterocycles. The average molecular weight is 280 g/mol. The molecule has 1 N–H and O–H groups in total. The van der Waals surface area contributed by atoms with Gasteiger partial charge in [-0.15, -0.1) is 0 Å². The lowest BCUT2D eigenvalue weighted by molar-refractivity contribution is 0.112. The SMILES string of the molecule is Cc1cc(F)cc(Nc2nc(C)nc(Cl)c2C=O)c1. The van der Waals surface area contributed by atoms with Gasteiger partial charge >= 0.3 is 0 Å². The van der Waals surface area contributed by atoms with Gasteiger partial charge in [-0.1, -0.05) is 11.6 Å². The minimum atomic E-state index is -0.368. The Hall–Kier alpha value is -2.01. The zero-order chi connectivity index (χ0) is 14.0. The highest BCUT2D eigenvalue weighted by molar-refractivity contribution is 6.32. The minimum absolute atomic E-state index is 0.0677. The number of nitrogens with zero attached hydrogens (tertiary/aromatic N) is 2. The summed E-state index contributed by atoms with van der Waals surface area (Å²) in [5.74, 6) is 0.316. The predicted octanol–water partition coefficient (Wildman–Crippen LogP) is 3.44. The third-order valence-electron chi connectivity index (χ3n) is 2.43. The molecule has 0 amide bonds. The lowest BCUT2D eigenvalue weighted by Gasteiger charge is -2.10. The topological polar surface area (TPSA) is 54.9 Å². The van der Waals surface area contributed by atoms with Gasteiger partial charge < -0.3 is 5.32 Å². The Balaban J connectivity index is 2.45. The zero-order valence-electron chi connectivity index (χ0n) is 10.4. The molecule has 6 heteroatoms. The maximum atomic E-state index is 13.3. The van der Waals surface area contributed by atoms with Crippen molar-refractivity contribution in [2.75, 3.05) is 5.32 Å². The first-order valence-corrected chi connectivity index (χ1v) is 5.91. The van der Waals surface area contributed by atoms with Gasteiger partial charge in [-0.05, 0) is 37.6 Å². The fourth-order valence-electron chi connectivity index (χ4n) is 1.69. The van der Waals surface area contributed by atoms with Crippen molar-refractivity contribution in [1.29, 1.82) is 0 Å². The molecule has 4 nitrogen and oxygen atoms in total. The minimum Gasteiger partial charge on any atom is -0.339 e. The molecule has 0 saturated heterocycles. The highest BCUT2D eigenvalue weighted by atomic mass is 35.5. The fourth-order valence-corrected chi connectivity index (χ4v) is 1.95. The molecule has 0 fully saturated rings. The normalized spacial score (nSPS) is 10.3. The van der Waals surface area contributed by atoms with E-state index in [4.69, 9.17) is 11.6 Å². The summed E-state index contributed by atoms with van der Waals surface area (Å²) < 4.78 is 13.3. The van der Waals surface area contributed by atoms with Gasteiger partial charge in [0.2, 0.25) is 0 Å². The lowest BCUT2D eigenvalue weighted by atomic mass is 10.2. The Labute approximate surface area is 114 Å². The van der Waals surface area contributed by atoms with Gasteiger partial charge in [0.25, 0.3) is 0 Å². The van der Waals surface area contributed by atoms with E-state index in [0.717, 1.165) is 5.56 Å². The molecular formula is C13H11ClFN3O. The van der Waals surface area contributed by atoms with Gasteiger partial charge in [0, 0.05) is 5.69 Å². The molecule has 0 saturated carbocycles. The van der Waals surface area contributed by atoms with E-state index in [0.29, 0.717) is 17.8 Å². The predicted molar refractivity (Wildman–Crippen MR) is 71.6 cm³/mol. The van der Waals surface area contributed by atoms with Crippen LogP contribution in [0.2, 0.25) is 5.15 Å². The Morgan fingerprint density at radius 1 is 1.26 bits per heavy atom. The van der Waals surface area contributed by atoms with Crippen LogP contribution in [0.5, 0.6) is 0 Å². The Kier molecular flexibility index (Phi) is 3.76. The largest absolute Gasteiger partial charge is 0.339 e. The molecule has 0 atom stereocenters. The molecule has 98 valence electrons. The molecule has 1 aromatic heterocycles. The number of nitrogens with one attached hydrogen (secondary N) is 1. The van der Waals surface area contributed by atoms with Gasteiger partial charge in [0.05, 0.1) is 5.56 Å². The van der Waals surface area contributed by atoms with Crippen LogP contribution in [-0.2, 0) is 0 Å². The maximum Gasteiger partial charge on any atom is 0.156 e. The summed E-state index contributed by atoms with van der Waals surface area (Å²) in [6.45, 7) is 3.43.